The van der Waals surface area contributed by atoms with Crippen LogP contribution in [0.4, 0.5) is 0 Å². The van der Waals surface area contributed by atoms with Gasteiger partial charge < -0.3 is 10.1 Å². The van der Waals surface area contributed by atoms with Crippen LogP contribution in [-0.2, 0) is 15.0 Å². The summed E-state index contributed by atoms with van der Waals surface area (Å²) >= 11 is 0. The Hall–Kier alpha value is -1.75. The molecule has 0 aliphatic heterocycles. The number of nitrogens with zero attached hydrogens (tertiary/aromatic N) is 1. The zero-order valence-electron chi connectivity index (χ0n) is 14.4. The van der Waals surface area contributed by atoms with Gasteiger partial charge in [0, 0.05) is 41.4 Å². The van der Waals surface area contributed by atoms with Crippen LogP contribution in [0.15, 0.2) is 6.07 Å². The van der Waals surface area contributed by atoms with Crippen molar-refractivity contribution in [1.82, 2.24) is 10.3 Å². The molecule has 1 heterocycles. The molecule has 1 aromatic rings. The second-order valence-electron chi connectivity index (χ2n) is 6.31. The lowest BCUT2D eigenvalue weighted by Crippen LogP contribution is -2.25. The van der Waals surface area contributed by atoms with Gasteiger partial charge in [0.2, 0.25) is 0 Å². The molecule has 22 heavy (non-hydrogen) atoms. The largest absolute Gasteiger partial charge is 0.426 e. The van der Waals surface area contributed by atoms with Gasteiger partial charge in [0.05, 0.1) is 6.42 Å². The van der Waals surface area contributed by atoms with E-state index in [0.29, 0.717) is 25.1 Å². The number of hydrogen-bond acceptors (Lipinski definition) is 5. The first-order chi connectivity index (χ1) is 10.2. The fourth-order valence-electron chi connectivity index (χ4n) is 2.81. The third kappa shape index (κ3) is 4.91. The normalized spacial score (nSPS) is 11.4. The summed E-state index contributed by atoms with van der Waals surface area (Å²) in [6, 6.07) is 1.77. The minimum atomic E-state index is -0.435. The zero-order valence-corrected chi connectivity index (χ0v) is 14.4. The number of Topliss-reactive ketones (excluding diaryl/α,β-unsaturated/α-hetero) is 1. The van der Waals surface area contributed by atoms with Crippen molar-refractivity contribution < 1.29 is 14.3 Å². The van der Waals surface area contributed by atoms with Crippen LogP contribution >= 0.6 is 0 Å². The van der Waals surface area contributed by atoms with Gasteiger partial charge in [-0.25, -0.2) is 0 Å². The zero-order chi connectivity index (χ0) is 16.9. The molecule has 0 unspecified atom stereocenters. The van der Waals surface area contributed by atoms with Crippen molar-refractivity contribution in [3.63, 3.8) is 0 Å². The molecule has 0 amide bonds. The van der Waals surface area contributed by atoms with Gasteiger partial charge >= 0.3 is 5.97 Å². The highest BCUT2D eigenvalue weighted by molar-refractivity contribution is 5.78. The molecule has 5 heteroatoms. The molecule has 0 aliphatic rings. The minimum absolute atomic E-state index is 0.0948. The van der Waals surface area contributed by atoms with E-state index in [-0.39, 0.29) is 11.8 Å². The van der Waals surface area contributed by atoms with Crippen molar-refractivity contribution in [2.24, 2.45) is 0 Å². The highest BCUT2D eigenvalue weighted by Crippen LogP contribution is 2.37. The topological polar surface area (TPSA) is 68.3 Å². The molecular formula is C17H26N2O3. The van der Waals surface area contributed by atoms with Crippen molar-refractivity contribution in [2.45, 2.75) is 52.9 Å². The average molecular weight is 306 g/mol. The molecule has 0 bridgehead atoms. The quantitative estimate of drug-likeness (QED) is 0.784. The number of aryl methyl sites for hydroxylation is 2. The summed E-state index contributed by atoms with van der Waals surface area (Å²) in [7, 11) is 1.79. The standard InChI is InChI=1S/C17H26N2O3/c1-11-9-14(22-15(21)7-8-18-6)16(13(3)19-11)17(4,5)10-12(2)20/h9,18H,7-8,10H2,1-6H3. The smallest absolute Gasteiger partial charge is 0.312 e. The van der Waals surface area contributed by atoms with Gasteiger partial charge in [-0.3, -0.25) is 14.6 Å². The Kier molecular flexibility index (Phi) is 6.23. The first-order valence-corrected chi connectivity index (χ1v) is 7.51. The molecule has 5 nitrogen and oxygen atoms in total. The first-order valence-electron chi connectivity index (χ1n) is 7.51. The summed E-state index contributed by atoms with van der Waals surface area (Å²) in [5, 5.41) is 2.92. The highest BCUT2D eigenvalue weighted by atomic mass is 16.5. The number of carbonyl (C=O) groups excluding carboxylic acids is 2. The molecule has 0 radical (unpaired) electrons. The van der Waals surface area contributed by atoms with Gasteiger partial charge in [0.25, 0.3) is 0 Å². The summed E-state index contributed by atoms with van der Waals surface area (Å²) < 4.78 is 5.55. The summed E-state index contributed by atoms with van der Waals surface area (Å²) in [5.74, 6) is 0.314. The number of ether oxygens (including phenoxy) is 1. The summed E-state index contributed by atoms with van der Waals surface area (Å²) in [6.07, 6.45) is 0.670. The maximum atomic E-state index is 11.9. The summed E-state index contributed by atoms with van der Waals surface area (Å²) in [6.45, 7) is 9.82. The maximum absolute atomic E-state index is 11.9. The molecular weight excluding hydrogens is 280 g/mol. The Bertz CT molecular complexity index is 565. The Morgan fingerprint density at radius 2 is 1.95 bits per heavy atom. The molecule has 0 saturated heterocycles. The fraction of sp³-hybridized carbons (Fsp3) is 0.588. The van der Waals surface area contributed by atoms with Crippen LogP contribution in [0.5, 0.6) is 5.75 Å². The van der Waals surface area contributed by atoms with E-state index in [1.807, 2.05) is 27.7 Å². The lowest BCUT2D eigenvalue weighted by atomic mass is 9.79. The second-order valence-corrected chi connectivity index (χ2v) is 6.31. The van der Waals surface area contributed by atoms with E-state index in [1.54, 1.807) is 20.0 Å². The van der Waals surface area contributed by atoms with Gasteiger partial charge in [0.1, 0.15) is 11.5 Å². The molecule has 1 rings (SSSR count). The van der Waals surface area contributed by atoms with E-state index >= 15 is 0 Å². The second kappa shape index (κ2) is 7.49. The first kappa shape index (κ1) is 18.3. The Balaban J connectivity index is 3.20. The predicted octanol–water partition coefficient (Wildman–Crippen LogP) is 2.47. The lowest BCUT2D eigenvalue weighted by Gasteiger charge is -2.27. The predicted molar refractivity (Wildman–Crippen MR) is 86.2 cm³/mol. The van der Waals surface area contributed by atoms with Gasteiger partial charge in [-0.1, -0.05) is 13.8 Å². The van der Waals surface area contributed by atoms with Crippen LogP contribution < -0.4 is 10.1 Å². The van der Waals surface area contributed by atoms with Crippen molar-refractivity contribution >= 4 is 11.8 Å². The lowest BCUT2D eigenvalue weighted by molar-refractivity contribution is -0.134. The van der Waals surface area contributed by atoms with E-state index in [4.69, 9.17) is 4.74 Å². The van der Waals surface area contributed by atoms with E-state index in [9.17, 15) is 9.59 Å². The Morgan fingerprint density at radius 1 is 1.32 bits per heavy atom. The number of ketones is 1. The molecule has 0 aliphatic carbocycles. The minimum Gasteiger partial charge on any atom is -0.426 e. The van der Waals surface area contributed by atoms with Gasteiger partial charge in [-0.15, -0.1) is 0 Å². The number of aromatic nitrogens is 1. The van der Waals surface area contributed by atoms with Crippen LogP contribution in [0.1, 0.15) is 50.6 Å². The number of esters is 1. The van der Waals surface area contributed by atoms with Gasteiger partial charge in [0.15, 0.2) is 0 Å². The molecule has 1 N–H and O–H groups in total. The number of pyridine rings is 1. The monoisotopic (exact) mass is 306 g/mol. The van der Waals surface area contributed by atoms with Crippen molar-refractivity contribution in [3.8, 4) is 5.75 Å². The number of rotatable bonds is 7. The van der Waals surface area contributed by atoms with Crippen molar-refractivity contribution in [3.05, 3.63) is 23.0 Å². The maximum Gasteiger partial charge on any atom is 0.312 e. The van der Waals surface area contributed by atoms with Gasteiger partial charge in [-0.05, 0) is 27.8 Å². The van der Waals surface area contributed by atoms with E-state index < -0.39 is 5.41 Å². The molecule has 0 fully saturated rings. The van der Waals surface area contributed by atoms with E-state index in [1.165, 1.54) is 0 Å². The molecule has 0 saturated carbocycles. The Morgan fingerprint density at radius 3 is 2.50 bits per heavy atom. The number of nitrogens with one attached hydrogen (secondary N) is 1. The molecule has 0 aromatic carbocycles. The van der Waals surface area contributed by atoms with Crippen LogP contribution in [-0.4, -0.2) is 30.3 Å². The third-order valence-corrected chi connectivity index (χ3v) is 3.46. The molecule has 122 valence electrons. The molecule has 1 aromatic heterocycles. The molecule has 0 atom stereocenters. The summed E-state index contributed by atoms with van der Waals surface area (Å²) in [5.41, 5.74) is 1.97. The SMILES string of the molecule is CNCCC(=O)Oc1cc(C)nc(C)c1C(C)(C)CC(C)=O. The van der Waals surface area contributed by atoms with Crippen LogP contribution in [0.3, 0.4) is 0 Å². The highest BCUT2D eigenvalue weighted by Gasteiger charge is 2.30. The Labute approximate surface area is 132 Å². The third-order valence-electron chi connectivity index (χ3n) is 3.46. The van der Waals surface area contributed by atoms with Gasteiger partial charge in [-0.2, -0.15) is 0 Å². The van der Waals surface area contributed by atoms with Crippen LogP contribution in [0, 0.1) is 13.8 Å². The van der Waals surface area contributed by atoms with E-state index in [0.717, 1.165) is 17.0 Å². The van der Waals surface area contributed by atoms with Crippen molar-refractivity contribution in [2.75, 3.05) is 13.6 Å². The number of hydrogen-bond donors (Lipinski definition) is 1. The van der Waals surface area contributed by atoms with E-state index in [2.05, 4.69) is 10.3 Å². The van der Waals surface area contributed by atoms with Crippen LogP contribution in [0.25, 0.3) is 0 Å². The summed E-state index contributed by atoms with van der Waals surface area (Å²) in [4.78, 5) is 28.0. The fourth-order valence-corrected chi connectivity index (χ4v) is 2.81. The average Bonchev–Trinajstić information content (AvgIpc) is 2.33. The van der Waals surface area contributed by atoms with Crippen molar-refractivity contribution in [1.29, 1.82) is 0 Å². The van der Waals surface area contributed by atoms with Crippen LogP contribution in [0.2, 0.25) is 0 Å². The number of carbonyl (C=O) groups is 2. The molecule has 0 spiro atoms.